The summed E-state index contributed by atoms with van der Waals surface area (Å²) in [6.07, 6.45) is 0. The van der Waals surface area contributed by atoms with E-state index in [1.54, 1.807) is 0 Å². The van der Waals surface area contributed by atoms with Gasteiger partial charge >= 0.3 is 0 Å². The molecule has 2 aromatic rings. The molecule has 0 unspecified atom stereocenters. The average molecular weight is 322 g/mol. The molecule has 0 aliphatic rings. The maximum absolute atomic E-state index is 5.86. The van der Waals surface area contributed by atoms with E-state index in [-0.39, 0.29) is 0 Å². The third kappa shape index (κ3) is 4.17. The average Bonchev–Trinajstić information content (AvgIpc) is 2.37. The molecule has 0 fully saturated rings. The number of aryl methyl sites for hydroxylation is 1. The van der Waals surface area contributed by atoms with Gasteiger partial charge in [-0.1, -0.05) is 28.1 Å². The van der Waals surface area contributed by atoms with Crippen LogP contribution in [-0.2, 0) is 0 Å². The Balaban J connectivity index is 1.81. The molecule has 100 valence electrons. The van der Waals surface area contributed by atoms with Gasteiger partial charge in [-0.2, -0.15) is 0 Å². The lowest BCUT2D eigenvalue weighted by Gasteiger charge is -2.10. The Morgan fingerprint density at radius 2 is 1.84 bits per heavy atom. The molecule has 2 aromatic carbocycles. The van der Waals surface area contributed by atoms with Gasteiger partial charge in [-0.05, 0) is 42.8 Å². The molecule has 2 rings (SSSR count). The molecule has 0 aromatic heterocycles. The molecule has 4 heteroatoms. The fourth-order valence-electron chi connectivity index (χ4n) is 1.67. The zero-order valence-corrected chi connectivity index (χ0v) is 12.3. The van der Waals surface area contributed by atoms with Gasteiger partial charge in [0.25, 0.3) is 0 Å². The van der Waals surface area contributed by atoms with Crippen LogP contribution in [-0.4, -0.2) is 13.2 Å². The zero-order valence-electron chi connectivity index (χ0n) is 10.7. The first-order chi connectivity index (χ1) is 9.15. The molecule has 0 heterocycles. The van der Waals surface area contributed by atoms with Crippen molar-refractivity contribution in [2.75, 3.05) is 18.9 Å². The maximum Gasteiger partial charge on any atom is 0.142 e. The van der Waals surface area contributed by atoms with Gasteiger partial charge in [0.15, 0.2) is 0 Å². The highest BCUT2D eigenvalue weighted by Crippen LogP contribution is 2.22. The topological polar surface area (TPSA) is 44.5 Å². The molecule has 0 aliphatic carbocycles. The number of nitrogen functional groups attached to an aromatic ring is 1. The first-order valence-corrected chi connectivity index (χ1v) is 6.82. The number of hydrogen-bond acceptors (Lipinski definition) is 3. The molecule has 0 spiro atoms. The number of nitrogens with two attached hydrogens (primary N) is 1. The minimum absolute atomic E-state index is 0.458. The minimum Gasteiger partial charge on any atom is -0.490 e. The van der Waals surface area contributed by atoms with Crippen molar-refractivity contribution >= 4 is 21.6 Å². The third-order valence-electron chi connectivity index (χ3n) is 2.57. The lowest BCUT2D eigenvalue weighted by Crippen LogP contribution is -2.10. The van der Waals surface area contributed by atoms with Crippen LogP contribution in [0.2, 0.25) is 0 Å². The van der Waals surface area contributed by atoms with E-state index >= 15 is 0 Å². The standard InChI is InChI=1S/C15H16BrNO2/c1-11-5-6-15(14(17)9-11)19-8-7-18-13-4-2-3-12(16)10-13/h2-6,9-10H,7-8,17H2,1H3. The van der Waals surface area contributed by atoms with E-state index in [0.717, 1.165) is 15.8 Å². The first-order valence-electron chi connectivity index (χ1n) is 6.02. The second-order valence-corrected chi connectivity index (χ2v) is 5.11. The van der Waals surface area contributed by atoms with E-state index in [9.17, 15) is 0 Å². The van der Waals surface area contributed by atoms with Crippen molar-refractivity contribution in [2.24, 2.45) is 0 Å². The van der Waals surface area contributed by atoms with Crippen molar-refractivity contribution in [3.63, 3.8) is 0 Å². The Hall–Kier alpha value is -1.68. The smallest absolute Gasteiger partial charge is 0.142 e. The molecule has 0 atom stereocenters. The maximum atomic E-state index is 5.86. The Morgan fingerprint density at radius 3 is 2.58 bits per heavy atom. The first kappa shape index (κ1) is 13.7. The fraction of sp³-hybridized carbons (Fsp3) is 0.200. The summed E-state index contributed by atoms with van der Waals surface area (Å²) in [7, 11) is 0. The van der Waals surface area contributed by atoms with Crippen molar-refractivity contribution in [1.82, 2.24) is 0 Å². The van der Waals surface area contributed by atoms with Gasteiger partial charge in [0.1, 0.15) is 24.7 Å². The Bertz CT molecular complexity index is 558. The molecular formula is C15H16BrNO2. The third-order valence-corrected chi connectivity index (χ3v) is 3.06. The highest BCUT2D eigenvalue weighted by molar-refractivity contribution is 9.10. The molecule has 2 N–H and O–H groups in total. The van der Waals surface area contributed by atoms with Gasteiger partial charge < -0.3 is 15.2 Å². The van der Waals surface area contributed by atoms with Crippen molar-refractivity contribution in [3.8, 4) is 11.5 Å². The summed E-state index contributed by atoms with van der Waals surface area (Å²) in [6, 6.07) is 13.5. The molecule has 0 radical (unpaired) electrons. The van der Waals surface area contributed by atoms with Crippen molar-refractivity contribution in [1.29, 1.82) is 0 Å². The lowest BCUT2D eigenvalue weighted by atomic mass is 10.2. The predicted molar refractivity (Wildman–Crippen MR) is 80.7 cm³/mol. The monoisotopic (exact) mass is 321 g/mol. The van der Waals surface area contributed by atoms with Crippen LogP contribution < -0.4 is 15.2 Å². The molecule has 19 heavy (non-hydrogen) atoms. The fourth-order valence-corrected chi connectivity index (χ4v) is 2.05. The van der Waals surface area contributed by atoms with Crippen LogP contribution in [0.4, 0.5) is 5.69 Å². The molecule has 0 saturated heterocycles. The van der Waals surface area contributed by atoms with E-state index in [2.05, 4.69) is 15.9 Å². The van der Waals surface area contributed by atoms with E-state index in [1.807, 2.05) is 49.4 Å². The molecule has 0 amide bonds. The van der Waals surface area contributed by atoms with Crippen LogP contribution in [0, 0.1) is 6.92 Å². The molecular weight excluding hydrogens is 306 g/mol. The van der Waals surface area contributed by atoms with E-state index < -0.39 is 0 Å². The lowest BCUT2D eigenvalue weighted by molar-refractivity contribution is 0.218. The number of rotatable bonds is 5. The summed E-state index contributed by atoms with van der Waals surface area (Å²) in [5, 5.41) is 0. The quantitative estimate of drug-likeness (QED) is 0.673. The van der Waals surface area contributed by atoms with Crippen molar-refractivity contribution < 1.29 is 9.47 Å². The van der Waals surface area contributed by atoms with Crippen LogP contribution in [0.1, 0.15) is 5.56 Å². The minimum atomic E-state index is 0.458. The van der Waals surface area contributed by atoms with Gasteiger partial charge in [-0.15, -0.1) is 0 Å². The largest absolute Gasteiger partial charge is 0.490 e. The molecule has 0 bridgehead atoms. The summed E-state index contributed by atoms with van der Waals surface area (Å²) in [6.45, 7) is 2.93. The van der Waals surface area contributed by atoms with Gasteiger partial charge in [0.2, 0.25) is 0 Å². The Kier molecular flexibility index (Phi) is 4.68. The van der Waals surface area contributed by atoms with Crippen LogP contribution >= 0.6 is 15.9 Å². The second-order valence-electron chi connectivity index (χ2n) is 4.20. The number of anilines is 1. The normalized spacial score (nSPS) is 10.2. The Morgan fingerprint density at radius 1 is 1.05 bits per heavy atom. The molecule has 3 nitrogen and oxygen atoms in total. The van der Waals surface area contributed by atoms with Gasteiger partial charge in [-0.25, -0.2) is 0 Å². The van der Waals surface area contributed by atoms with Crippen LogP contribution in [0.5, 0.6) is 11.5 Å². The van der Waals surface area contributed by atoms with E-state index in [1.165, 1.54) is 0 Å². The number of halogens is 1. The Labute approximate surface area is 121 Å². The zero-order chi connectivity index (χ0) is 13.7. The summed E-state index contributed by atoms with van der Waals surface area (Å²) >= 11 is 3.40. The van der Waals surface area contributed by atoms with Crippen molar-refractivity contribution in [2.45, 2.75) is 6.92 Å². The number of hydrogen-bond donors (Lipinski definition) is 1. The highest BCUT2D eigenvalue weighted by Gasteiger charge is 2.00. The van der Waals surface area contributed by atoms with Crippen LogP contribution in [0.15, 0.2) is 46.9 Å². The van der Waals surface area contributed by atoms with Gasteiger partial charge in [0.05, 0.1) is 5.69 Å². The number of ether oxygens (including phenoxy) is 2. The summed E-state index contributed by atoms with van der Waals surface area (Å²) in [4.78, 5) is 0. The van der Waals surface area contributed by atoms with Crippen LogP contribution in [0.25, 0.3) is 0 Å². The molecule has 0 aliphatic heterocycles. The summed E-state index contributed by atoms with van der Waals surface area (Å²) < 4.78 is 12.2. The predicted octanol–water partition coefficient (Wildman–Crippen LogP) is 3.80. The summed E-state index contributed by atoms with van der Waals surface area (Å²) in [5.74, 6) is 1.51. The van der Waals surface area contributed by atoms with Gasteiger partial charge in [0, 0.05) is 4.47 Å². The van der Waals surface area contributed by atoms with E-state index in [0.29, 0.717) is 24.7 Å². The van der Waals surface area contributed by atoms with Gasteiger partial charge in [-0.3, -0.25) is 0 Å². The highest BCUT2D eigenvalue weighted by atomic mass is 79.9. The number of benzene rings is 2. The van der Waals surface area contributed by atoms with Crippen molar-refractivity contribution in [3.05, 3.63) is 52.5 Å². The second kappa shape index (κ2) is 6.48. The van der Waals surface area contributed by atoms with E-state index in [4.69, 9.17) is 15.2 Å². The molecule has 0 saturated carbocycles. The SMILES string of the molecule is Cc1ccc(OCCOc2cccc(Br)c2)c(N)c1. The summed E-state index contributed by atoms with van der Waals surface area (Å²) in [5.41, 5.74) is 7.64. The van der Waals surface area contributed by atoms with Crippen LogP contribution in [0.3, 0.4) is 0 Å².